The van der Waals surface area contributed by atoms with E-state index in [0.717, 1.165) is 0 Å². The summed E-state index contributed by atoms with van der Waals surface area (Å²) in [7, 11) is 0. The molecule has 6 nitrogen and oxygen atoms in total. The number of hydrogen-bond donors (Lipinski definition) is 2. The monoisotopic (exact) mass is 268 g/mol. The van der Waals surface area contributed by atoms with Gasteiger partial charge in [0.15, 0.2) is 0 Å². The summed E-state index contributed by atoms with van der Waals surface area (Å²) < 4.78 is 1.59. The van der Waals surface area contributed by atoms with Crippen LogP contribution in [0.3, 0.4) is 0 Å². The molecule has 0 aliphatic heterocycles. The van der Waals surface area contributed by atoms with Gasteiger partial charge in [-0.2, -0.15) is 5.10 Å². The second-order valence-corrected chi connectivity index (χ2v) is 4.42. The number of phenols is 1. The average molecular weight is 268 g/mol. The summed E-state index contributed by atoms with van der Waals surface area (Å²) in [5.41, 5.74) is 2.40. The van der Waals surface area contributed by atoms with Gasteiger partial charge in [-0.15, -0.1) is 0 Å². The van der Waals surface area contributed by atoms with E-state index in [-0.39, 0.29) is 11.7 Å². The van der Waals surface area contributed by atoms with E-state index < -0.39 is 0 Å². The number of aromatic hydroxyl groups is 1. The second kappa shape index (κ2) is 4.65. The van der Waals surface area contributed by atoms with E-state index in [4.69, 9.17) is 0 Å². The Bertz CT molecular complexity index is 795. The van der Waals surface area contributed by atoms with Gasteiger partial charge in [-0.05, 0) is 30.7 Å². The van der Waals surface area contributed by atoms with E-state index >= 15 is 0 Å². The first kappa shape index (κ1) is 12.2. The topological polar surface area (TPSA) is 79.5 Å². The minimum Gasteiger partial charge on any atom is -0.508 e. The van der Waals surface area contributed by atoms with E-state index in [1.165, 1.54) is 6.20 Å². The number of nitrogens with zero attached hydrogens (tertiary/aromatic N) is 3. The number of aromatic nitrogens is 3. The molecule has 0 fully saturated rings. The van der Waals surface area contributed by atoms with Crippen LogP contribution in [-0.2, 0) is 0 Å². The Morgan fingerprint density at radius 2 is 2.20 bits per heavy atom. The fraction of sp³-hybridized carbons (Fsp3) is 0.0714. The van der Waals surface area contributed by atoms with Crippen LogP contribution in [0.4, 0.5) is 5.69 Å². The summed E-state index contributed by atoms with van der Waals surface area (Å²) in [5, 5.41) is 16.3. The molecular formula is C14H12N4O2. The molecule has 0 saturated heterocycles. The van der Waals surface area contributed by atoms with Gasteiger partial charge < -0.3 is 10.4 Å². The highest BCUT2D eigenvalue weighted by atomic mass is 16.3. The van der Waals surface area contributed by atoms with Gasteiger partial charge in [0, 0.05) is 18.1 Å². The Kier molecular flexibility index (Phi) is 2.83. The molecule has 1 aromatic carbocycles. The van der Waals surface area contributed by atoms with Gasteiger partial charge in [-0.1, -0.05) is 0 Å². The van der Waals surface area contributed by atoms with Crippen LogP contribution in [0.25, 0.3) is 5.52 Å². The normalized spacial score (nSPS) is 10.7. The first-order chi connectivity index (χ1) is 9.65. The molecule has 0 atom stereocenters. The van der Waals surface area contributed by atoms with Crippen molar-refractivity contribution in [3.05, 3.63) is 54.1 Å². The first-order valence-electron chi connectivity index (χ1n) is 6.03. The molecule has 3 rings (SSSR count). The van der Waals surface area contributed by atoms with E-state index in [9.17, 15) is 9.90 Å². The summed E-state index contributed by atoms with van der Waals surface area (Å²) in [5.74, 6) is -0.0683. The van der Waals surface area contributed by atoms with E-state index in [2.05, 4.69) is 15.4 Å². The van der Waals surface area contributed by atoms with Crippen molar-refractivity contribution in [3.63, 3.8) is 0 Å². The molecule has 1 amide bonds. The lowest BCUT2D eigenvalue weighted by Crippen LogP contribution is -2.11. The van der Waals surface area contributed by atoms with Crippen molar-refractivity contribution in [1.82, 2.24) is 14.6 Å². The Hall–Kier alpha value is -2.89. The predicted molar refractivity (Wildman–Crippen MR) is 73.8 cm³/mol. The summed E-state index contributed by atoms with van der Waals surface area (Å²) in [6.07, 6.45) is 6.37. The van der Waals surface area contributed by atoms with Gasteiger partial charge >= 0.3 is 0 Å². The molecule has 0 unspecified atom stereocenters. The van der Waals surface area contributed by atoms with Crippen molar-refractivity contribution in [2.24, 2.45) is 0 Å². The van der Waals surface area contributed by atoms with Gasteiger partial charge in [-0.3, -0.25) is 9.78 Å². The minimum absolute atomic E-state index is 0.197. The smallest absolute Gasteiger partial charge is 0.259 e. The largest absolute Gasteiger partial charge is 0.508 e. The lowest BCUT2D eigenvalue weighted by atomic mass is 10.2. The molecule has 0 radical (unpaired) electrons. The zero-order valence-corrected chi connectivity index (χ0v) is 10.7. The fourth-order valence-corrected chi connectivity index (χ4v) is 1.94. The number of aryl methyl sites for hydroxylation is 1. The maximum atomic E-state index is 12.2. The zero-order chi connectivity index (χ0) is 14.1. The predicted octanol–water partition coefficient (Wildman–Crippen LogP) is 2.00. The zero-order valence-electron chi connectivity index (χ0n) is 10.7. The number of rotatable bonds is 2. The van der Waals surface area contributed by atoms with Crippen molar-refractivity contribution < 1.29 is 9.90 Å². The molecule has 0 aliphatic rings. The number of benzene rings is 1. The van der Waals surface area contributed by atoms with Crippen LogP contribution < -0.4 is 5.32 Å². The molecule has 0 bridgehead atoms. The maximum Gasteiger partial charge on any atom is 0.259 e. The van der Waals surface area contributed by atoms with Crippen LogP contribution in [0.1, 0.15) is 15.9 Å². The molecule has 2 heterocycles. The number of amides is 1. The lowest BCUT2D eigenvalue weighted by Gasteiger charge is -2.06. The highest BCUT2D eigenvalue weighted by Gasteiger charge is 2.13. The Morgan fingerprint density at radius 1 is 1.35 bits per heavy atom. The number of hydrogen-bond acceptors (Lipinski definition) is 4. The van der Waals surface area contributed by atoms with Crippen LogP contribution in [0, 0.1) is 6.92 Å². The third-order valence-corrected chi connectivity index (χ3v) is 3.02. The van der Waals surface area contributed by atoms with Crippen molar-refractivity contribution in [1.29, 1.82) is 0 Å². The Labute approximate surface area is 114 Å². The molecular weight excluding hydrogens is 256 g/mol. The molecule has 3 aromatic rings. The van der Waals surface area contributed by atoms with Gasteiger partial charge in [0.05, 0.1) is 23.5 Å². The molecule has 6 heteroatoms. The third-order valence-electron chi connectivity index (χ3n) is 3.02. The van der Waals surface area contributed by atoms with Gasteiger partial charge in [0.25, 0.3) is 5.91 Å². The number of carbonyl (C=O) groups is 1. The third kappa shape index (κ3) is 2.07. The molecule has 0 spiro atoms. The molecule has 0 saturated carbocycles. The van der Waals surface area contributed by atoms with E-state index in [1.807, 2.05) is 0 Å². The molecule has 2 aromatic heterocycles. The fourth-order valence-electron chi connectivity index (χ4n) is 1.94. The Morgan fingerprint density at radius 3 is 3.00 bits per heavy atom. The number of carbonyl (C=O) groups excluding carboxylic acids is 1. The number of phenolic OH excluding ortho intramolecular Hbond substituents is 1. The van der Waals surface area contributed by atoms with Crippen LogP contribution >= 0.6 is 0 Å². The van der Waals surface area contributed by atoms with Gasteiger partial charge in [-0.25, -0.2) is 4.52 Å². The summed E-state index contributed by atoms with van der Waals surface area (Å²) in [6, 6.07) is 4.89. The summed E-state index contributed by atoms with van der Waals surface area (Å²) in [4.78, 5) is 16.2. The van der Waals surface area contributed by atoms with E-state index in [0.29, 0.717) is 22.3 Å². The SMILES string of the molecule is Cc1cc(NC(=O)c2cnn3ccncc23)ccc1O. The van der Waals surface area contributed by atoms with Crippen LogP contribution in [-0.4, -0.2) is 25.6 Å². The molecule has 100 valence electrons. The quantitative estimate of drug-likeness (QED) is 0.697. The number of nitrogens with one attached hydrogen (secondary N) is 1. The van der Waals surface area contributed by atoms with Crippen LogP contribution in [0.5, 0.6) is 5.75 Å². The van der Waals surface area contributed by atoms with Crippen molar-refractivity contribution in [2.75, 3.05) is 5.32 Å². The number of fused-ring (bicyclic) bond motifs is 1. The molecule has 0 aliphatic carbocycles. The van der Waals surface area contributed by atoms with Crippen molar-refractivity contribution in [2.45, 2.75) is 6.92 Å². The van der Waals surface area contributed by atoms with Gasteiger partial charge in [0.2, 0.25) is 0 Å². The van der Waals surface area contributed by atoms with Crippen LogP contribution in [0.2, 0.25) is 0 Å². The number of anilines is 1. The Balaban J connectivity index is 1.91. The van der Waals surface area contributed by atoms with Crippen molar-refractivity contribution in [3.8, 4) is 5.75 Å². The molecule has 2 N–H and O–H groups in total. The van der Waals surface area contributed by atoms with Crippen molar-refractivity contribution >= 4 is 17.1 Å². The highest BCUT2D eigenvalue weighted by Crippen LogP contribution is 2.21. The summed E-state index contributed by atoms with van der Waals surface area (Å²) >= 11 is 0. The first-order valence-corrected chi connectivity index (χ1v) is 6.03. The second-order valence-electron chi connectivity index (χ2n) is 4.42. The lowest BCUT2D eigenvalue weighted by molar-refractivity contribution is 0.102. The molecule has 20 heavy (non-hydrogen) atoms. The minimum atomic E-state index is -0.266. The average Bonchev–Trinajstić information content (AvgIpc) is 2.87. The maximum absolute atomic E-state index is 12.2. The highest BCUT2D eigenvalue weighted by molar-refractivity contribution is 6.08. The standard InChI is InChI=1S/C14H12N4O2/c1-9-6-10(2-3-13(9)19)17-14(20)11-7-16-18-5-4-15-8-12(11)18/h2-8,19H,1H3,(H,17,20). The van der Waals surface area contributed by atoms with E-state index in [1.54, 1.807) is 48.2 Å². The van der Waals surface area contributed by atoms with Gasteiger partial charge in [0.1, 0.15) is 5.75 Å². The summed E-state index contributed by atoms with van der Waals surface area (Å²) in [6.45, 7) is 1.77. The van der Waals surface area contributed by atoms with Crippen LogP contribution in [0.15, 0.2) is 43.0 Å².